The second-order valence-electron chi connectivity index (χ2n) is 6.08. The summed E-state index contributed by atoms with van der Waals surface area (Å²) in [7, 11) is 1.82. The van der Waals surface area contributed by atoms with Crippen LogP contribution in [0.25, 0.3) is 10.2 Å². The Labute approximate surface area is 144 Å². The number of likely N-dealkylation sites (N-methyl/N-ethyl adjacent to an activating group) is 1. The van der Waals surface area contributed by atoms with E-state index in [0.29, 0.717) is 18.2 Å². The van der Waals surface area contributed by atoms with E-state index in [0.717, 1.165) is 16.6 Å². The maximum absolute atomic E-state index is 12.7. The summed E-state index contributed by atoms with van der Waals surface area (Å²) >= 11 is 1.44. The minimum absolute atomic E-state index is 0.0308. The molecule has 2 aromatic carbocycles. The average molecular weight is 338 g/mol. The van der Waals surface area contributed by atoms with Crippen LogP contribution in [0.5, 0.6) is 0 Å². The van der Waals surface area contributed by atoms with E-state index < -0.39 is 0 Å². The Morgan fingerprint density at radius 1 is 1.21 bits per heavy atom. The first-order chi connectivity index (χ1) is 11.7. The van der Waals surface area contributed by atoms with Crippen molar-refractivity contribution in [2.75, 3.05) is 13.6 Å². The Balaban J connectivity index is 1.46. The molecule has 1 aromatic heterocycles. The zero-order valence-electron chi connectivity index (χ0n) is 13.4. The fraction of sp³-hybridized carbons (Fsp3) is 0.263. The molecule has 0 saturated heterocycles. The van der Waals surface area contributed by atoms with Crippen molar-refractivity contribution in [1.82, 2.24) is 9.88 Å². The number of aromatic nitrogens is 1. The van der Waals surface area contributed by atoms with E-state index in [1.807, 2.05) is 37.4 Å². The highest BCUT2D eigenvalue weighted by atomic mass is 32.1. The molecule has 0 radical (unpaired) electrons. The van der Waals surface area contributed by atoms with Gasteiger partial charge in [-0.3, -0.25) is 4.79 Å². The third-order valence-corrected chi connectivity index (χ3v) is 5.37. The number of hydrogen-bond acceptors (Lipinski definition) is 4. The summed E-state index contributed by atoms with van der Waals surface area (Å²) in [5.41, 5.74) is 3.44. The molecule has 1 aliphatic rings. The van der Waals surface area contributed by atoms with Gasteiger partial charge in [0.1, 0.15) is 0 Å². The molecular weight excluding hydrogens is 320 g/mol. The lowest BCUT2D eigenvalue weighted by atomic mass is 9.99. The number of ether oxygens (including phenoxy) is 1. The molecule has 0 fully saturated rings. The van der Waals surface area contributed by atoms with Crippen molar-refractivity contribution in [3.05, 3.63) is 64.7 Å². The van der Waals surface area contributed by atoms with E-state index in [1.54, 1.807) is 4.90 Å². The summed E-state index contributed by atoms with van der Waals surface area (Å²) in [5.74, 6) is -0.0429. The summed E-state index contributed by atoms with van der Waals surface area (Å²) in [5, 5.41) is 0.537. The molecule has 0 saturated carbocycles. The SMILES string of the molecule is CN(C[C@@H]1Cc2ccccc2CO1)C(=O)c1nc2ccccc2s1. The molecule has 3 aromatic rings. The van der Waals surface area contributed by atoms with Crippen molar-refractivity contribution >= 4 is 27.5 Å². The molecule has 1 amide bonds. The number of para-hydroxylation sites is 1. The molecule has 2 heterocycles. The standard InChI is InChI=1S/C19H18N2O2S/c1-21(11-15-10-13-6-2-3-7-14(13)12-23-15)19(22)18-20-16-8-4-5-9-17(16)24-18/h2-9,15H,10-12H2,1H3/t15-/m0/s1. The number of carbonyl (C=O) groups is 1. The van der Waals surface area contributed by atoms with Gasteiger partial charge >= 0.3 is 0 Å². The van der Waals surface area contributed by atoms with Gasteiger partial charge in [-0.15, -0.1) is 11.3 Å². The Kier molecular flexibility index (Phi) is 4.04. The highest BCUT2D eigenvalue weighted by Crippen LogP contribution is 2.24. The van der Waals surface area contributed by atoms with E-state index in [4.69, 9.17) is 4.74 Å². The molecule has 24 heavy (non-hydrogen) atoms. The third-order valence-electron chi connectivity index (χ3n) is 4.34. The maximum Gasteiger partial charge on any atom is 0.282 e. The van der Waals surface area contributed by atoms with Crippen LogP contribution in [-0.4, -0.2) is 35.5 Å². The number of thiazole rings is 1. The predicted octanol–water partition coefficient (Wildman–Crippen LogP) is 3.51. The van der Waals surface area contributed by atoms with Gasteiger partial charge in [0, 0.05) is 20.0 Å². The second kappa shape index (κ2) is 6.34. The first-order valence-corrected chi connectivity index (χ1v) is 8.82. The molecular formula is C19H18N2O2S. The number of nitrogens with zero attached hydrogens (tertiary/aromatic N) is 2. The first-order valence-electron chi connectivity index (χ1n) is 8.00. The molecule has 1 aliphatic heterocycles. The quantitative estimate of drug-likeness (QED) is 0.734. The van der Waals surface area contributed by atoms with Crippen LogP contribution in [0.15, 0.2) is 48.5 Å². The van der Waals surface area contributed by atoms with Crippen molar-refractivity contribution in [3.63, 3.8) is 0 Å². The van der Waals surface area contributed by atoms with E-state index in [9.17, 15) is 4.79 Å². The monoisotopic (exact) mass is 338 g/mol. The van der Waals surface area contributed by atoms with Crippen molar-refractivity contribution in [1.29, 1.82) is 0 Å². The summed E-state index contributed by atoms with van der Waals surface area (Å²) < 4.78 is 6.95. The van der Waals surface area contributed by atoms with E-state index >= 15 is 0 Å². The topological polar surface area (TPSA) is 42.4 Å². The highest BCUT2D eigenvalue weighted by Gasteiger charge is 2.24. The molecule has 5 heteroatoms. The Hall–Kier alpha value is -2.24. The summed E-state index contributed by atoms with van der Waals surface area (Å²) in [4.78, 5) is 18.8. The van der Waals surface area contributed by atoms with Crippen LogP contribution in [0.1, 0.15) is 20.9 Å². The minimum Gasteiger partial charge on any atom is -0.371 e. The maximum atomic E-state index is 12.7. The lowest BCUT2D eigenvalue weighted by Gasteiger charge is -2.28. The summed E-state index contributed by atoms with van der Waals surface area (Å²) in [6.45, 7) is 1.19. The fourth-order valence-corrected chi connectivity index (χ4v) is 4.00. The number of rotatable bonds is 3. The molecule has 0 aliphatic carbocycles. The molecule has 1 atom stereocenters. The van der Waals surface area contributed by atoms with Gasteiger partial charge in [-0.1, -0.05) is 36.4 Å². The molecule has 4 nitrogen and oxygen atoms in total. The second-order valence-corrected chi connectivity index (χ2v) is 7.11. The molecule has 4 rings (SSSR count). The fourth-order valence-electron chi connectivity index (χ4n) is 3.04. The van der Waals surface area contributed by atoms with Gasteiger partial charge in [0.2, 0.25) is 0 Å². The van der Waals surface area contributed by atoms with Crippen LogP contribution in [0.2, 0.25) is 0 Å². The predicted molar refractivity (Wildman–Crippen MR) is 95.3 cm³/mol. The lowest BCUT2D eigenvalue weighted by molar-refractivity contribution is 0.00985. The average Bonchev–Trinajstić information content (AvgIpc) is 3.05. The Morgan fingerprint density at radius 3 is 2.79 bits per heavy atom. The van der Waals surface area contributed by atoms with Crippen molar-refractivity contribution in [2.45, 2.75) is 19.1 Å². The van der Waals surface area contributed by atoms with Gasteiger partial charge < -0.3 is 9.64 Å². The largest absolute Gasteiger partial charge is 0.371 e. The Morgan fingerprint density at radius 2 is 1.96 bits per heavy atom. The van der Waals surface area contributed by atoms with Gasteiger partial charge in [0.25, 0.3) is 5.91 Å². The normalized spacial score (nSPS) is 16.8. The molecule has 122 valence electrons. The molecule has 0 spiro atoms. The zero-order valence-corrected chi connectivity index (χ0v) is 14.3. The first kappa shape index (κ1) is 15.3. The third kappa shape index (κ3) is 2.92. The van der Waals surface area contributed by atoms with E-state index in [2.05, 4.69) is 23.2 Å². The van der Waals surface area contributed by atoms with Crippen LogP contribution >= 0.6 is 11.3 Å². The summed E-state index contributed by atoms with van der Waals surface area (Å²) in [6, 6.07) is 16.2. The van der Waals surface area contributed by atoms with E-state index in [-0.39, 0.29) is 12.0 Å². The van der Waals surface area contributed by atoms with Gasteiger partial charge in [0.05, 0.1) is 22.9 Å². The van der Waals surface area contributed by atoms with Crippen LogP contribution in [0, 0.1) is 0 Å². The van der Waals surface area contributed by atoms with Crippen LogP contribution in [0.3, 0.4) is 0 Å². The number of carbonyl (C=O) groups excluding carboxylic acids is 1. The minimum atomic E-state index is -0.0429. The van der Waals surface area contributed by atoms with Crippen molar-refractivity contribution in [2.24, 2.45) is 0 Å². The lowest BCUT2D eigenvalue weighted by Crippen LogP contribution is -2.38. The zero-order chi connectivity index (χ0) is 16.5. The van der Waals surface area contributed by atoms with Gasteiger partial charge in [-0.05, 0) is 23.3 Å². The number of benzene rings is 2. The smallest absolute Gasteiger partial charge is 0.282 e. The van der Waals surface area contributed by atoms with Gasteiger partial charge in [-0.2, -0.15) is 0 Å². The molecule has 0 unspecified atom stereocenters. The number of amides is 1. The Bertz CT molecular complexity index is 857. The van der Waals surface area contributed by atoms with E-state index in [1.165, 1.54) is 22.5 Å². The van der Waals surface area contributed by atoms with Gasteiger partial charge in [0.15, 0.2) is 5.01 Å². The van der Waals surface area contributed by atoms with Gasteiger partial charge in [-0.25, -0.2) is 4.98 Å². The number of hydrogen-bond donors (Lipinski definition) is 0. The molecule has 0 bridgehead atoms. The van der Waals surface area contributed by atoms with Crippen LogP contribution in [0.4, 0.5) is 0 Å². The van der Waals surface area contributed by atoms with Crippen molar-refractivity contribution in [3.8, 4) is 0 Å². The van der Waals surface area contributed by atoms with Crippen molar-refractivity contribution < 1.29 is 9.53 Å². The number of fused-ring (bicyclic) bond motifs is 2. The van der Waals surface area contributed by atoms with Crippen LogP contribution in [-0.2, 0) is 17.8 Å². The molecule has 0 N–H and O–H groups in total. The highest BCUT2D eigenvalue weighted by molar-refractivity contribution is 7.20. The van der Waals surface area contributed by atoms with Crippen LogP contribution < -0.4 is 0 Å². The summed E-state index contributed by atoms with van der Waals surface area (Å²) in [6.07, 6.45) is 0.872.